The molecule has 1 amide bonds. The van der Waals surface area contributed by atoms with E-state index < -0.39 is 0 Å². The zero-order chi connectivity index (χ0) is 15.7. The highest BCUT2D eigenvalue weighted by molar-refractivity contribution is 5.92. The number of rotatable bonds is 6. The molecule has 21 heavy (non-hydrogen) atoms. The van der Waals surface area contributed by atoms with Gasteiger partial charge in [0.15, 0.2) is 0 Å². The summed E-state index contributed by atoms with van der Waals surface area (Å²) in [6.07, 6.45) is 3.97. The second kappa shape index (κ2) is 9.20. The van der Waals surface area contributed by atoms with Crippen LogP contribution in [0.25, 0.3) is 0 Å². The molecule has 0 aliphatic carbocycles. The smallest absolute Gasteiger partial charge is 0.227 e. The third-order valence-electron chi connectivity index (χ3n) is 3.58. The molecular weight excluding hydrogens is 262 g/mol. The van der Waals surface area contributed by atoms with Crippen LogP contribution in [0.1, 0.15) is 50.7 Å². The Morgan fingerprint density at radius 2 is 2.14 bits per heavy atom. The summed E-state index contributed by atoms with van der Waals surface area (Å²) in [6, 6.07) is 5.69. The molecule has 1 atom stereocenters. The Balaban J connectivity index is 2.80. The van der Waals surface area contributed by atoms with Crippen LogP contribution in [0.5, 0.6) is 0 Å². The molecule has 1 rings (SSSR count). The van der Waals surface area contributed by atoms with E-state index in [4.69, 9.17) is 5.11 Å². The minimum Gasteiger partial charge on any atom is -0.384 e. The maximum atomic E-state index is 12.3. The second-order valence-electron chi connectivity index (χ2n) is 5.23. The SMILES string of the molecule is CCCCC(CC)C(=O)Nc1ccc(C)c(C#CCO)c1. The van der Waals surface area contributed by atoms with Gasteiger partial charge in [-0.3, -0.25) is 4.79 Å². The van der Waals surface area contributed by atoms with Crippen LogP contribution in [0.4, 0.5) is 5.69 Å². The highest BCUT2D eigenvalue weighted by Crippen LogP contribution is 2.18. The summed E-state index contributed by atoms with van der Waals surface area (Å²) >= 11 is 0. The molecule has 2 N–H and O–H groups in total. The molecule has 3 heteroatoms. The molecule has 0 fully saturated rings. The van der Waals surface area contributed by atoms with Crippen molar-refractivity contribution in [2.45, 2.75) is 46.5 Å². The van der Waals surface area contributed by atoms with Crippen molar-refractivity contribution in [1.82, 2.24) is 0 Å². The van der Waals surface area contributed by atoms with Gasteiger partial charge in [0.2, 0.25) is 5.91 Å². The lowest BCUT2D eigenvalue weighted by Crippen LogP contribution is -2.22. The molecule has 0 heterocycles. The normalized spacial score (nSPS) is 11.4. The summed E-state index contributed by atoms with van der Waals surface area (Å²) < 4.78 is 0. The predicted octanol–water partition coefficient (Wildman–Crippen LogP) is 3.49. The molecule has 1 unspecified atom stereocenters. The van der Waals surface area contributed by atoms with Crippen LogP contribution in [0.2, 0.25) is 0 Å². The Hall–Kier alpha value is -1.79. The third kappa shape index (κ3) is 5.61. The summed E-state index contributed by atoms with van der Waals surface area (Å²) in [5, 5.41) is 11.8. The topological polar surface area (TPSA) is 49.3 Å². The first-order valence-corrected chi connectivity index (χ1v) is 7.63. The van der Waals surface area contributed by atoms with E-state index in [0.717, 1.165) is 42.5 Å². The summed E-state index contributed by atoms with van der Waals surface area (Å²) in [7, 11) is 0. The molecule has 1 aromatic rings. The van der Waals surface area contributed by atoms with E-state index in [0.29, 0.717) is 0 Å². The number of carbonyl (C=O) groups is 1. The van der Waals surface area contributed by atoms with Crippen molar-refractivity contribution in [1.29, 1.82) is 0 Å². The van der Waals surface area contributed by atoms with Gasteiger partial charge in [-0.25, -0.2) is 0 Å². The van der Waals surface area contributed by atoms with Gasteiger partial charge in [0.1, 0.15) is 6.61 Å². The lowest BCUT2D eigenvalue weighted by Gasteiger charge is -2.15. The number of aliphatic hydroxyl groups is 1. The lowest BCUT2D eigenvalue weighted by atomic mass is 9.98. The van der Waals surface area contributed by atoms with Crippen LogP contribution in [-0.4, -0.2) is 17.6 Å². The number of amides is 1. The average molecular weight is 287 g/mol. The van der Waals surface area contributed by atoms with Crippen molar-refractivity contribution >= 4 is 11.6 Å². The van der Waals surface area contributed by atoms with Gasteiger partial charge in [-0.2, -0.15) is 0 Å². The number of hydrogen-bond acceptors (Lipinski definition) is 2. The van der Waals surface area contributed by atoms with Gasteiger partial charge >= 0.3 is 0 Å². The fraction of sp³-hybridized carbons (Fsp3) is 0.500. The van der Waals surface area contributed by atoms with Crippen LogP contribution in [0, 0.1) is 24.7 Å². The quantitative estimate of drug-likeness (QED) is 0.787. The van der Waals surface area contributed by atoms with Gasteiger partial charge in [0.25, 0.3) is 0 Å². The molecule has 0 saturated heterocycles. The van der Waals surface area contributed by atoms with E-state index in [1.54, 1.807) is 0 Å². The number of anilines is 1. The number of unbranched alkanes of at least 4 members (excludes halogenated alkanes) is 1. The number of hydrogen-bond donors (Lipinski definition) is 2. The molecule has 0 bridgehead atoms. The van der Waals surface area contributed by atoms with Gasteiger partial charge in [0.05, 0.1) is 0 Å². The maximum Gasteiger partial charge on any atom is 0.227 e. The molecule has 0 aliphatic heterocycles. The number of aryl methyl sites for hydroxylation is 1. The Kier molecular flexibility index (Phi) is 7.56. The van der Waals surface area contributed by atoms with Crippen LogP contribution >= 0.6 is 0 Å². The Morgan fingerprint density at radius 1 is 1.38 bits per heavy atom. The van der Waals surface area contributed by atoms with E-state index in [1.165, 1.54) is 0 Å². The highest BCUT2D eigenvalue weighted by atomic mass is 16.2. The van der Waals surface area contributed by atoms with Crippen molar-refractivity contribution < 1.29 is 9.90 Å². The van der Waals surface area contributed by atoms with Crippen molar-refractivity contribution in [2.24, 2.45) is 5.92 Å². The largest absolute Gasteiger partial charge is 0.384 e. The molecule has 0 aliphatic rings. The monoisotopic (exact) mass is 287 g/mol. The van der Waals surface area contributed by atoms with Gasteiger partial charge in [-0.15, -0.1) is 0 Å². The molecule has 0 spiro atoms. The molecule has 0 saturated carbocycles. The van der Waals surface area contributed by atoms with Gasteiger partial charge in [-0.05, 0) is 37.5 Å². The zero-order valence-corrected chi connectivity index (χ0v) is 13.2. The fourth-order valence-corrected chi connectivity index (χ4v) is 2.18. The minimum absolute atomic E-state index is 0.0678. The van der Waals surface area contributed by atoms with Gasteiger partial charge < -0.3 is 10.4 Å². The fourth-order valence-electron chi connectivity index (χ4n) is 2.18. The first kappa shape index (κ1) is 17.3. The van der Waals surface area contributed by atoms with Gasteiger partial charge in [0, 0.05) is 17.2 Å². The standard InChI is InChI=1S/C18H25NO2/c1-4-6-8-15(5-2)18(21)19-17-11-10-14(3)16(13-17)9-7-12-20/h10-11,13,15,20H,4-6,8,12H2,1-3H3,(H,19,21). The predicted molar refractivity (Wildman–Crippen MR) is 87.1 cm³/mol. The summed E-state index contributed by atoms with van der Waals surface area (Å²) in [4.78, 5) is 12.3. The van der Waals surface area contributed by atoms with Crippen LogP contribution in [0.15, 0.2) is 18.2 Å². The average Bonchev–Trinajstić information content (AvgIpc) is 2.48. The molecule has 0 aromatic heterocycles. The lowest BCUT2D eigenvalue weighted by molar-refractivity contribution is -0.120. The molecule has 0 radical (unpaired) electrons. The molecule has 114 valence electrons. The zero-order valence-electron chi connectivity index (χ0n) is 13.2. The van der Waals surface area contributed by atoms with Crippen molar-refractivity contribution in [2.75, 3.05) is 11.9 Å². The highest BCUT2D eigenvalue weighted by Gasteiger charge is 2.16. The first-order valence-electron chi connectivity index (χ1n) is 7.63. The number of aliphatic hydroxyl groups excluding tert-OH is 1. The third-order valence-corrected chi connectivity index (χ3v) is 3.58. The van der Waals surface area contributed by atoms with Crippen molar-refractivity contribution in [3.8, 4) is 11.8 Å². The maximum absolute atomic E-state index is 12.3. The van der Waals surface area contributed by atoms with E-state index in [2.05, 4.69) is 24.1 Å². The van der Waals surface area contributed by atoms with E-state index in [9.17, 15) is 4.79 Å². The van der Waals surface area contributed by atoms with Crippen LogP contribution in [-0.2, 0) is 4.79 Å². The van der Waals surface area contributed by atoms with Gasteiger partial charge in [-0.1, -0.05) is 44.6 Å². The van der Waals surface area contributed by atoms with Crippen molar-refractivity contribution in [3.05, 3.63) is 29.3 Å². The molecule has 1 aromatic carbocycles. The summed E-state index contributed by atoms with van der Waals surface area (Å²) in [5.41, 5.74) is 2.64. The minimum atomic E-state index is -0.162. The van der Waals surface area contributed by atoms with Crippen molar-refractivity contribution in [3.63, 3.8) is 0 Å². The number of carbonyl (C=O) groups excluding carboxylic acids is 1. The first-order chi connectivity index (χ1) is 10.1. The Bertz CT molecular complexity index is 526. The Morgan fingerprint density at radius 3 is 2.76 bits per heavy atom. The van der Waals surface area contributed by atoms with E-state index in [1.807, 2.05) is 32.0 Å². The number of nitrogens with one attached hydrogen (secondary N) is 1. The number of benzene rings is 1. The summed E-state index contributed by atoms with van der Waals surface area (Å²) in [6.45, 7) is 5.98. The van der Waals surface area contributed by atoms with Crippen LogP contribution in [0.3, 0.4) is 0 Å². The molecule has 3 nitrogen and oxygen atoms in total. The summed E-state index contributed by atoms with van der Waals surface area (Å²) in [5.74, 6) is 5.69. The van der Waals surface area contributed by atoms with Crippen LogP contribution < -0.4 is 5.32 Å². The molecular formula is C18H25NO2. The van der Waals surface area contributed by atoms with E-state index >= 15 is 0 Å². The Labute approximate surface area is 127 Å². The van der Waals surface area contributed by atoms with E-state index in [-0.39, 0.29) is 18.4 Å². The second-order valence-corrected chi connectivity index (χ2v) is 5.23.